The van der Waals surface area contributed by atoms with E-state index in [4.69, 9.17) is 5.73 Å². The predicted octanol–water partition coefficient (Wildman–Crippen LogP) is 7.12. The third-order valence-corrected chi connectivity index (χ3v) is 8.00. The van der Waals surface area contributed by atoms with Gasteiger partial charge in [-0.05, 0) is 28.7 Å². The van der Waals surface area contributed by atoms with Crippen LogP contribution in [-0.2, 0) is 18.2 Å². The van der Waals surface area contributed by atoms with Crippen molar-refractivity contribution in [2.24, 2.45) is 0 Å². The normalized spacial score (nSPS) is 11.2. The zero-order chi connectivity index (χ0) is 19.7. The molecule has 0 unspecified atom stereocenters. The Bertz CT molecular complexity index is 589. The van der Waals surface area contributed by atoms with Crippen LogP contribution in [0.3, 0.4) is 0 Å². The first-order chi connectivity index (χ1) is 11.5. The zero-order valence-corrected chi connectivity index (χ0v) is 19.5. The first kappa shape index (κ1) is 24.6. The van der Waals surface area contributed by atoms with Gasteiger partial charge in [0.05, 0.1) is 0 Å². The molecule has 0 saturated heterocycles. The summed E-state index contributed by atoms with van der Waals surface area (Å²) in [7, 11) is 4.63. The van der Waals surface area contributed by atoms with E-state index in [9.17, 15) is 0 Å². The number of rotatable bonds is 1. The van der Waals surface area contributed by atoms with Crippen molar-refractivity contribution in [2.45, 2.75) is 51.9 Å². The Balaban J connectivity index is 0.000000434. The van der Waals surface area contributed by atoms with Crippen LogP contribution in [0.2, 0.25) is 0 Å². The van der Waals surface area contributed by atoms with Crippen LogP contribution in [0, 0.1) is 6.07 Å². The molecule has 1 nitrogen and oxygen atoms in total. The van der Waals surface area contributed by atoms with Crippen LogP contribution < -0.4 is 5.73 Å². The third-order valence-electron chi connectivity index (χ3n) is 3.97. The van der Waals surface area contributed by atoms with Crippen LogP contribution in [0.25, 0.3) is 11.1 Å². The molecule has 142 valence electrons. The molecule has 0 aromatic heterocycles. The maximum atomic E-state index is 5.83. The molecule has 0 radical (unpaired) electrons. The van der Waals surface area contributed by atoms with Crippen LogP contribution in [0.4, 0.5) is 5.69 Å². The quantitative estimate of drug-likeness (QED) is 0.204. The molecule has 0 aliphatic carbocycles. The number of benzene rings is 2. The van der Waals surface area contributed by atoms with Crippen molar-refractivity contribution in [1.29, 1.82) is 0 Å². The number of para-hydroxylation sites is 1. The fourth-order valence-corrected chi connectivity index (χ4v) is 4.32. The van der Waals surface area contributed by atoms with Gasteiger partial charge >= 0.3 is 27.7 Å². The number of hydrogen-bond acceptors (Lipinski definition) is 1. The molecule has 0 saturated carbocycles. The van der Waals surface area contributed by atoms with Gasteiger partial charge in [0.25, 0.3) is 0 Å². The Labute approximate surface area is 170 Å². The van der Waals surface area contributed by atoms with E-state index < -0.39 is 0 Å². The number of nitrogens with two attached hydrogens (primary N) is 1. The van der Waals surface area contributed by atoms with Crippen molar-refractivity contribution >= 4 is 23.1 Å². The Kier molecular flexibility index (Phi) is 11.2. The summed E-state index contributed by atoms with van der Waals surface area (Å²) in [6, 6.07) is 18.8. The minimum atomic E-state index is 0.137. The molecular weight excluding hydrogens is 439 g/mol. The van der Waals surface area contributed by atoms with Crippen LogP contribution >= 0.6 is 17.5 Å². The molecule has 0 atom stereocenters. The Morgan fingerprint density at radius 2 is 1.36 bits per heavy atom. The van der Waals surface area contributed by atoms with Gasteiger partial charge in [-0.3, -0.25) is 0 Å². The molecule has 0 fully saturated rings. The van der Waals surface area contributed by atoms with Crippen molar-refractivity contribution in [1.82, 2.24) is 0 Å². The second-order valence-electron chi connectivity index (χ2n) is 7.76. The second-order valence-corrected chi connectivity index (χ2v) is 11.6. The molecule has 2 aromatic rings. The SMILES string of the molecule is CP(C(C)(C)C)C(C)(C)C.Nc1ccccc1-c1[c-]cccc1.[Cl][Pd+]. The van der Waals surface area contributed by atoms with Gasteiger partial charge in [-0.1, -0.05) is 73.2 Å². The van der Waals surface area contributed by atoms with Gasteiger partial charge in [0.15, 0.2) is 0 Å². The van der Waals surface area contributed by atoms with E-state index in [0.717, 1.165) is 16.8 Å². The average Bonchev–Trinajstić information content (AvgIpc) is 2.56. The Morgan fingerprint density at radius 3 is 1.72 bits per heavy atom. The van der Waals surface area contributed by atoms with E-state index in [1.54, 1.807) is 0 Å². The van der Waals surface area contributed by atoms with Crippen LogP contribution in [0.15, 0.2) is 48.5 Å². The van der Waals surface area contributed by atoms with Gasteiger partial charge in [-0.2, -0.15) is 0 Å². The van der Waals surface area contributed by atoms with Crippen LogP contribution in [-0.4, -0.2) is 17.0 Å². The molecular formula is C21H31ClNPPd. The summed E-state index contributed by atoms with van der Waals surface area (Å²) in [5.74, 6) is 0. The summed E-state index contributed by atoms with van der Waals surface area (Å²) >= 11 is 2.22. The van der Waals surface area contributed by atoms with Crippen LogP contribution in [0.5, 0.6) is 0 Å². The standard InChI is InChI=1S/C12H10N.C9H21P.ClH.Pd/c13-12-9-5-4-8-11(12)10-6-2-1-3-7-10;1-8(2,3)10(7)9(4,5)6;;/h1-6,8-9H,13H2;1-7H3;1H;/q-1;;;+2/p-1. The number of halogens is 1. The molecule has 2 N–H and O–H groups in total. The molecule has 2 aromatic carbocycles. The number of hydrogen-bond donors (Lipinski definition) is 1. The van der Waals surface area contributed by atoms with Crippen molar-refractivity contribution < 1.29 is 18.2 Å². The summed E-state index contributed by atoms with van der Waals surface area (Å²) in [6.45, 7) is 16.4. The van der Waals surface area contributed by atoms with E-state index in [1.807, 2.05) is 48.5 Å². The minimum absolute atomic E-state index is 0.137. The second kappa shape index (κ2) is 11.4. The third kappa shape index (κ3) is 9.21. The van der Waals surface area contributed by atoms with Gasteiger partial charge in [0, 0.05) is 0 Å². The first-order valence-corrected chi connectivity index (χ1v) is 12.0. The van der Waals surface area contributed by atoms with E-state index in [-0.39, 0.29) is 7.92 Å². The van der Waals surface area contributed by atoms with Crippen LogP contribution in [0.1, 0.15) is 41.5 Å². The van der Waals surface area contributed by atoms with Crippen molar-refractivity contribution in [3.05, 3.63) is 54.6 Å². The van der Waals surface area contributed by atoms with E-state index in [0.29, 0.717) is 10.3 Å². The van der Waals surface area contributed by atoms with Crippen molar-refractivity contribution in [2.75, 3.05) is 12.4 Å². The summed E-state index contributed by atoms with van der Waals surface area (Å²) in [4.78, 5) is 0. The molecule has 0 bridgehead atoms. The van der Waals surface area contributed by atoms with E-state index in [1.165, 1.54) is 0 Å². The van der Waals surface area contributed by atoms with Gasteiger partial charge in [0.2, 0.25) is 0 Å². The molecule has 2 rings (SSSR count). The van der Waals surface area contributed by atoms with E-state index >= 15 is 0 Å². The molecule has 4 heteroatoms. The summed E-state index contributed by atoms with van der Waals surface area (Å²) in [5, 5.41) is 1.02. The zero-order valence-electron chi connectivity index (χ0n) is 16.3. The molecule has 0 amide bonds. The molecule has 25 heavy (non-hydrogen) atoms. The van der Waals surface area contributed by atoms with Gasteiger partial charge in [-0.25, -0.2) is 0 Å². The molecule has 0 spiro atoms. The maximum absolute atomic E-state index is 5.83. The Hall–Kier alpha value is -0.378. The molecule has 0 heterocycles. The summed E-state index contributed by atoms with van der Waals surface area (Å²) in [5.41, 5.74) is 8.72. The summed E-state index contributed by atoms with van der Waals surface area (Å²) < 4.78 is 0. The topological polar surface area (TPSA) is 26.0 Å². The monoisotopic (exact) mass is 469 g/mol. The predicted molar refractivity (Wildman–Crippen MR) is 113 cm³/mol. The van der Waals surface area contributed by atoms with Crippen molar-refractivity contribution in [3.63, 3.8) is 0 Å². The van der Waals surface area contributed by atoms with Crippen molar-refractivity contribution in [3.8, 4) is 11.1 Å². The van der Waals surface area contributed by atoms with Gasteiger partial charge in [-0.15, -0.1) is 35.9 Å². The molecule has 0 aliphatic rings. The fourth-order valence-electron chi connectivity index (χ4n) is 2.31. The van der Waals surface area contributed by atoms with E-state index in [2.05, 4.69) is 82.0 Å². The molecule has 0 aliphatic heterocycles. The first-order valence-electron chi connectivity index (χ1n) is 8.21. The summed E-state index contributed by atoms with van der Waals surface area (Å²) in [6.07, 6.45) is 0. The Morgan fingerprint density at radius 1 is 0.880 bits per heavy atom. The number of nitrogen functional groups attached to an aromatic ring is 1. The average molecular weight is 470 g/mol. The van der Waals surface area contributed by atoms with Gasteiger partial charge in [0.1, 0.15) is 0 Å². The van der Waals surface area contributed by atoms with Gasteiger partial charge < -0.3 is 5.73 Å². The fraction of sp³-hybridized carbons (Fsp3) is 0.429. The number of anilines is 1.